The van der Waals surface area contributed by atoms with Gasteiger partial charge in [-0.2, -0.15) is 0 Å². The highest BCUT2D eigenvalue weighted by molar-refractivity contribution is 5.97. The second kappa shape index (κ2) is 5.35. The van der Waals surface area contributed by atoms with Crippen molar-refractivity contribution in [1.82, 2.24) is 0 Å². The predicted molar refractivity (Wildman–Crippen MR) is 50.0 cm³/mol. The number of carbonyl (C=O) groups is 1. The largest absolute Gasteiger partial charge is 0.513 e. The molecule has 1 N–H and O–H groups in total. The zero-order chi connectivity index (χ0) is 9.56. The summed E-state index contributed by atoms with van der Waals surface area (Å²) in [5.74, 6) is 0.209. The normalized spacial score (nSPS) is 12.8. The van der Waals surface area contributed by atoms with E-state index in [1.807, 2.05) is 0 Å². The summed E-state index contributed by atoms with van der Waals surface area (Å²) in [6.45, 7) is 6.84. The van der Waals surface area contributed by atoms with E-state index in [1.165, 1.54) is 12.2 Å². The van der Waals surface area contributed by atoms with Gasteiger partial charge in [-0.3, -0.25) is 4.79 Å². The highest BCUT2D eigenvalue weighted by Crippen LogP contribution is 2.02. The van der Waals surface area contributed by atoms with E-state index in [0.29, 0.717) is 12.0 Å². The van der Waals surface area contributed by atoms with Crippen molar-refractivity contribution >= 4 is 5.78 Å². The number of ketones is 1. The van der Waals surface area contributed by atoms with Crippen molar-refractivity contribution in [3.8, 4) is 0 Å². The number of hydrogen-bond acceptors (Lipinski definition) is 2. The van der Waals surface area contributed by atoms with Crippen molar-refractivity contribution in [3.05, 3.63) is 36.1 Å². The molecule has 0 spiro atoms. The number of hydrogen-bond donors (Lipinski definition) is 1. The quantitative estimate of drug-likeness (QED) is 0.396. The molecule has 0 aromatic carbocycles. The Hall–Kier alpha value is -1.31. The van der Waals surface area contributed by atoms with Crippen LogP contribution in [-0.2, 0) is 4.79 Å². The van der Waals surface area contributed by atoms with Gasteiger partial charge >= 0.3 is 0 Å². The lowest BCUT2D eigenvalue weighted by molar-refractivity contribution is -0.114. The molecule has 0 saturated heterocycles. The van der Waals surface area contributed by atoms with E-state index in [4.69, 9.17) is 5.11 Å². The van der Waals surface area contributed by atoms with Crippen molar-refractivity contribution in [1.29, 1.82) is 0 Å². The maximum Gasteiger partial charge on any atom is 0.162 e. The lowest BCUT2D eigenvalue weighted by Crippen LogP contribution is -1.96. The van der Waals surface area contributed by atoms with Crippen LogP contribution in [0.25, 0.3) is 0 Å². The van der Waals surface area contributed by atoms with E-state index in [2.05, 4.69) is 6.58 Å². The molecule has 0 fully saturated rings. The summed E-state index contributed by atoms with van der Waals surface area (Å²) in [5, 5.41) is 8.82. The summed E-state index contributed by atoms with van der Waals surface area (Å²) in [4.78, 5) is 11.1. The molecule has 0 atom stereocenters. The van der Waals surface area contributed by atoms with Gasteiger partial charge in [0.05, 0.1) is 5.76 Å². The fourth-order valence-corrected chi connectivity index (χ4v) is 0.689. The standard InChI is InChI=1S/C10H14O2/c1-4-9(10(12)5-2)7-6-8(3)11/h4,6-7,11H,1,5H2,2-3H3/b8-6+,9-7+. The van der Waals surface area contributed by atoms with Crippen LogP contribution in [0.2, 0.25) is 0 Å². The number of aliphatic hydroxyl groups excluding tert-OH is 1. The number of carbonyl (C=O) groups excluding carboxylic acids is 1. The maximum absolute atomic E-state index is 11.1. The zero-order valence-corrected chi connectivity index (χ0v) is 7.50. The van der Waals surface area contributed by atoms with E-state index in [-0.39, 0.29) is 11.5 Å². The summed E-state index contributed by atoms with van der Waals surface area (Å²) < 4.78 is 0. The molecule has 0 amide bonds. The first kappa shape index (κ1) is 10.7. The number of allylic oxidation sites excluding steroid dienone is 5. The third-order valence-corrected chi connectivity index (χ3v) is 1.37. The Balaban J connectivity index is 4.55. The Morgan fingerprint density at radius 2 is 2.08 bits per heavy atom. The summed E-state index contributed by atoms with van der Waals surface area (Å²) in [6.07, 6.45) is 4.99. The highest BCUT2D eigenvalue weighted by Gasteiger charge is 2.00. The Bertz CT molecular complexity index is 230. The zero-order valence-electron chi connectivity index (χ0n) is 7.50. The Morgan fingerprint density at radius 3 is 2.42 bits per heavy atom. The van der Waals surface area contributed by atoms with Crippen LogP contribution in [0, 0.1) is 0 Å². The van der Waals surface area contributed by atoms with Crippen LogP contribution in [0.5, 0.6) is 0 Å². The van der Waals surface area contributed by atoms with Crippen molar-refractivity contribution in [2.24, 2.45) is 0 Å². The molecule has 0 rings (SSSR count). The maximum atomic E-state index is 11.1. The van der Waals surface area contributed by atoms with Gasteiger partial charge in [0.15, 0.2) is 5.78 Å². The molecular formula is C10H14O2. The molecule has 2 nitrogen and oxygen atoms in total. The van der Waals surface area contributed by atoms with E-state index in [1.54, 1.807) is 19.9 Å². The molecule has 0 bridgehead atoms. The lowest BCUT2D eigenvalue weighted by atomic mass is 10.1. The van der Waals surface area contributed by atoms with E-state index in [0.717, 1.165) is 0 Å². The number of aliphatic hydroxyl groups is 1. The van der Waals surface area contributed by atoms with Gasteiger partial charge in [-0.1, -0.05) is 19.6 Å². The van der Waals surface area contributed by atoms with E-state index >= 15 is 0 Å². The Kier molecular flexibility index (Phi) is 4.77. The molecule has 0 heterocycles. The van der Waals surface area contributed by atoms with Crippen molar-refractivity contribution in [2.45, 2.75) is 20.3 Å². The van der Waals surface area contributed by atoms with Gasteiger partial charge in [0.1, 0.15) is 0 Å². The van der Waals surface area contributed by atoms with Gasteiger partial charge in [-0.25, -0.2) is 0 Å². The minimum Gasteiger partial charge on any atom is -0.513 e. The van der Waals surface area contributed by atoms with Gasteiger partial charge < -0.3 is 5.11 Å². The van der Waals surface area contributed by atoms with Gasteiger partial charge in [-0.15, -0.1) is 0 Å². The fraction of sp³-hybridized carbons (Fsp3) is 0.300. The van der Waals surface area contributed by atoms with E-state index < -0.39 is 0 Å². The molecule has 0 unspecified atom stereocenters. The van der Waals surface area contributed by atoms with Crippen LogP contribution < -0.4 is 0 Å². The lowest BCUT2D eigenvalue weighted by Gasteiger charge is -1.95. The average Bonchev–Trinajstić information content (AvgIpc) is 2.04. The third kappa shape index (κ3) is 3.76. The minimum absolute atomic E-state index is 0.0301. The molecule has 12 heavy (non-hydrogen) atoms. The molecule has 0 saturated carbocycles. The van der Waals surface area contributed by atoms with Crippen LogP contribution in [-0.4, -0.2) is 10.9 Å². The summed E-state index contributed by atoms with van der Waals surface area (Å²) in [6, 6.07) is 0. The first-order valence-corrected chi connectivity index (χ1v) is 3.85. The smallest absolute Gasteiger partial charge is 0.162 e. The molecule has 2 heteroatoms. The van der Waals surface area contributed by atoms with Crippen LogP contribution in [0.4, 0.5) is 0 Å². The van der Waals surface area contributed by atoms with Crippen LogP contribution in [0.1, 0.15) is 20.3 Å². The van der Waals surface area contributed by atoms with Crippen molar-refractivity contribution in [2.75, 3.05) is 0 Å². The SMILES string of the molecule is C=C/C(=C\C=C(/C)O)C(=O)CC. The van der Waals surface area contributed by atoms with Crippen molar-refractivity contribution in [3.63, 3.8) is 0 Å². The number of rotatable bonds is 4. The molecule has 0 radical (unpaired) electrons. The van der Waals surface area contributed by atoms with Crippen LogP contribution in [0.3, 0.4) is 0 Å². The number of Topliss-reactive ketones (excluding diaryl/α,β-unsaturated/α-hetero) is 1. The van der Waals surface area contributed by atoms with Gasteiger partial charge in [0.25, 0.3) is 0 Å². The molecule has 0 aromatic rings. The molecule has 0 aliphatic heterocycles. The molecule has 66 valence electrons. The third-order valence-electron chi connectivity index (χ3n) is 1.37. The van der Waals surface area contributed by atoms with Crippen molar-refractivity contribution < 1.29 is 9.90 Å². The summed E-state index contributed by atoms with van der Waals surface area (Å²) in [5.41, 5.74) is 0.533. The van der Waals surface area contributed by atoms with Crippen LogP contribution >= 0.6 is 0 Å². The molecule has 0 aliphatic rings. The monoisotopic (exact) mass is 166 g/mol. The van der Waals surface area contributed by atoms with Crippen LogP contribution in [0.15, 0.2) is 36.1 Å². The summed E-state index contributed by atoms with van der Waals surface area (Å²) in [7, 11) is 0. The first-order chi connectivity index (χ1) is 5.61. The van der Waals surface area contributed by atoms with Gasteiger partial charge in [0, 0.05) is 12.0 Å². The van der Waals surface area contributed by atoms with Gasteiger partial charge in [0.2, 0.25) is 0 Å². The second-order valence-corrected chi connectivity index (χ2v) is 2.41. The average molecular weight is 166 g/mol. The first-order valence-electron chi connectivity index (χ1n) is 3.85. The molecule has 0 aliphatic carbocycles. The highest BCUT2D eigenvalue weighted by atomic mass is 16.3. The molecular weight excluding hydrogens is 152 g/mol. The second-order valence-electron chi connectivity index (χ2n) is 2.41. The minimum atomic E-state index is 0.0301. The Labute approximate surface area is 72.9 Å². The fourth-order valence-electron chi connectivity index (χ4n) is 0.689. The topological polar surface area (TPSA) is 37.3 Å². The Morgan fingerprint density at radius 1 is 1.50 bits per heavy atom. The molecule has 0 aromatic heterocycles. The summed E-state index contributed by atoms with van der Waals surface area (Å²) >= 11 is 0. The van der Waals surface area contributed by atoms with E-state index in [9.17, 15) is 4.79 Å². The van der Waals surface area contributed by atoms with Gasteiger partial charge in [-0.05, 0) is 19.1 Å². The predicted octanol–water partition coefficient (Wildman–Crippen LogP) is 2.54.